The molecule has 1 saturated carbocycles. The van der Waals surface area contributed by atoms with Gasteiger partial charge in [0, 0.05) is 17.4 Å². The van der Waals surface area contributed by atoms with Crippen molar-refractivity contribution in [3.05, 3.63) is 17.3 Å². The molecule has 3 heterocycles. The summed E-state index contributed by atoms with van der Waals surface area (Å²) in [5, 5.41) is 29.1. The van der Waals surface area contributed by atoms with Gasteiger partial charge in [-0.2, -0.15) is 5.26 Å². The second kappa shape index (κ2) is 7.05. The minimum Gasteiger partial charge on any atom is -0.477 e. The predicted molar refractivity (Wildman–Crippen MR) is 105 cm³/mol. The van der Waals surface area contributed by atoms with Gasteiger partial charge in [0.05, 0.1) is 17.0 Å². The van der Waals surface area contributed by atoms with Gasteiger partial charge in [-0.15, -0.1) is 22.0 Å². The molecular weight excluding hydrogens is 426 g/mol. The number of hydrogen-bond donors (Lipinski definition) is 2. The van der Waals surface area contributed by atoms with Crippen molar-refractivity contribution in [3.63, 3.8) is 0 Å². The number of hydrogen-bond acceptors (Lipinski definition) is 9. The average Bonchev–Trinajstić information content (AvgIpc) is 3.29. The molecular formula is C15H13N5O3S4. The molecule has 1 aromatic heterocycles. The van der Waals surface area contributed by atoms with Gasteiger partial charge in [-0.25, -0.2) is 4.79 Å². The SMILES string of the molecule is N#C[C@H]1C[C@@H]1C(=S)NC1(CSc2nncs2)C(=O)N2C(C(=O)O)=CCS[C@H]21. The van der Waals surface area contributed by atoms with E-state index in [1.54, 1.807) is 11.6 Å². The highest BCUT2D eigenvalue weighted by atomic mass is 32.2. The lowest BCUT2D eigenvalue weighted by Gasteiger charge is -2.56. The van der Waals surface area contributed by atoms with E-state index in [0.717, 1.165) is 4.34 Å². The lowest BCUT2D eigenvalue weighted by Crippen LogP contribution is -2.80. The molecule has 2 fully saturated rings. The van der Waals surface area contributed by atoms with Gasteiger partial charge in [-0.3, -0.25) is 9.69 Å². The van der Waals surface area contributed by atoms with Gasteiger partial charge >= 0.3 is 5.97 Å². The molecule has 140 valence electrons. The minimum atomic E-state index is -1.12. The smallest absolute Gasteiger partial charge is 0.352 e. The van der Waals surface area contributed by atoms with Crippen molar-refractivity contribution in [2.75, 3.05) is 11.5 Å². The molecule has 1 saturated heterocycles. The van der Waals surface area contributed by atoms with Gasteiger partial charge in [0.15, 0.2) is 9.88 Å². The van der Waals surface area contributed by atoms with E-state index < -0.39 is 11.5 Å². The van der Waals surface area contributed by atoms with E-state index in [1.807, 2.05) is 0 Å². The number of thiocarbonyl (C=S) groups is 1. The van der Waals surface area contributed by atoms with Gasteiger partial charge in [0.2, 0.25) is 0 Å². The fraction of sp³-hybridized carbons (Fsp3) is 0.467. The van der Waals surface area contributed by atoms with Crippen LogP contribution in [0.1, 0.15) is 6.42 Å². The Morgan fingerprint density at radius 3 is 3.07 bits per heavy atom. The molecule has 2 aliphatic heterocycles. The maximum Gasteiger partial charge on any atom is 0.352 e. The molecule has 8 nitrogen and oxygen atoms in total. The lowest BCUT2D eigenvalue weighted by molar-refractivity contribution is -0.154. The van der Waals surface area contributed by atoms with E-state index in [0.29, 0.717) is 22.9 Å². The van der Waals surface area contributed by atoms with Crippen molar-refractivity contribution in [1.82, 2.24) is 20.4 Å². The second-order valence-electron chi connectivity index (χ2n) is 6.29. The van der Waals surface area contributed by atoms with Crippen molar-refractivity contribution >= 4 is 63.9 Å². The van der Waals surface area contributed by atoms with Crippen molar-refractivity contribution < 1.29 is 14.7 Å². The largest absolute Gasteiger partial charge is 0.477 e. The van der Waals surface area contributed by atoms with Crippen molar-refractivity contribution in [2.45, 2.75) is 21.7 Å². The molecule has 3 aliphatic rings. The number of aliphatic carboxylic acids is 1. The number of thioether (sulfide) groups is 2. The number of nitrogens with zero attached hydrogens (tertiary/aromatic N) is 4. The summed E-state index contributed by atoms with van der Waals surface area (Å²) in [4.78, 5) is 26.4. The number of nitriles is 1. The van der Waals surface area contributed by atoms with E-state index in [-0.39, 0.29) is 28.8 Å². The first kappa shape index (κ1) is 18.7. The van der Waals surface area contributed by atoms with E-state index >= 15 is 0 Å². The van der Waals surface area contributed by atoms with E-state index in [1.165, 1.54) is 39.8 Å². The quantitative estimate of drug-likeness (QED) is 0.382. The second-order valence-corrected chi connectivity index (χ2v) is 9.90. The van der Waals surface area contributed by atoms with Gasteiger partial charge in [-0.05, 0) is 12.5 Å². The number of fused-ring (bicyclic) bond motifs is 1. The van der Waals surface area contributed by atoms with Crippen molar-refractivity contribution in [3.8, 4) is 6.07 Å². The molecule has 0 aromatic carbocycles. The van der Waals surface area contributed by atoms with E-state index in [2.05, 4.69) is 21.6 Å². The molecule has 0 radical (unpaired) electrons. The Kier molecular flexibility index (Phi) is 4.87. The Hall–Kier alpha value is -1.68. The van der Waals surface area contributed by atoms with Crippen LogP contribution in [0.25, 0.3) is 0 Å². The van der Waals surface area contributed by atoms with Crippen LogP contribution in [0, 0.1) is 23.2 Å². The Balaban J connectivity index is 1.58. The summed E-state index contributed by atoms with van der Waals surface area (Å²) < 4.78 is 0.726. The third-order valence-corrected chi connectivity index (χ3v) is 8.41. The maximum atomic E-state index is 13.1. The summed E-state index contributed by atoms with van der Waals surface area (Å²) >= 11 is 9.73. The molecule has 12 heteroatoms. The number of rotatable bonds is 6. The van der Waals surface area contributed by atoms with Crippen LogP contribution in [0.4, 0.5) is 0 Å². The van der Waals surface area contributed by atoms with Crippen LogP contribution in [0.15, 0.2) is 21.6 Å². The summed E-state index contributed by atoms with van der Waals surface area (Å²) in [5.41, 5.74) is 0.606. The fourth-order valence-corrected chi connectivity index (χ4v) is 6.70. The number of carbonyl (C=O) groups excluding carboxylic acids is 1. The van der Waals surface area contributed by atoms with Crippen molar-refractivity contribution in [1.29, 1.82) is 5.26 Å². The third kappa shape index (κ3) is 3.12. The molecule has 27 heavy (non-hydrogen) atoms. The van der Waals surface area contributed by atoms with Gasteiger partial charge in [-0.1, -0.05) is 35.3 Å². The first-order valence-electron chi connectivity index (χ1n) is 7.97. The molecule has 0 spiro atoms. The summed E-state index contributed by atoms with van der Waals surface area (Å²) in [6.45, 7) is 0. The van der Waals surface area contributed by atoms with Crippen molar-refractivity contribution in [2.24, 2.45) is 11.8 Å². The summed E-state index contributed by atoms with van der Waals surface area (Å²) in [6.07, 6.45) is 2.24. The van der Waals surface area contributed by atoms with Crippen LogP contribution in [0.5, 0.6) is 0 Å². The van der Waals surface area contributed by atoms with Crippen LogP contribution in [-0.4, -0.2) is 59.5 Å². The van der Waals surface area contributed by atoms with Crippen LogP contribution in [-0.2, 0) is 9.59 Å². The van der Waals surface area contributed by atoms with Crippen LogP contribution < -0.4 is 5.32 Å². The molecule has 1 amide bonds. The number of carboxylic acids is 1. The molecule has 1 aromatic rings. The number of carboxylic acid groups (broad SMARTS) is 1. The van der Waals surface area contributed by atoms with Crippen LogP contribution in [0.2, 0.25) is 0 Å². The van der Waals surface area contributed by atoms with E-state index in [4.69, 9.17) is 17.5 Å². The molecule has 2 N–H and O–H groups in total. The molecule has 0 bridgehead atoms. The molecule has 1 unspecified atom stereocenters. The zero-order chi connectivity index (χ0) is 19.2. The van der Waals surface area contributed by atoms with E-state index in [9.17, 15) is 14.7 Å². The zero-order valence-electron chi connectivity index (χ0n) is 13.7. The molecule has 1 aliphatic carbocycles. The Morgan fingerprint density at radius 2 is 2.44 bits per heavy atom. The minimum absolute atomic E-state index is 0.00864. The Bertz CT molecular complexity index is 883. The Morgan fingerprint density at radius 1 is 1.63 bits per heavy atom. The fourth-order valence-electron chi connectivity index (χ4n) is 3.17. The van der Waals surface area contributed by atoms with Gasteiger partial charge in [0.1, 0.15) is 16.6 Å². The first-order valence-corrected chi connectivity index (χ1v) is 11.3. The standard InChI is InChI=1S/C15H13N5O3S4/c16-4-7-3-8(7)10(24)18-15(5-26-14-19-17-6-27-14)12(23)20-9(11(21)22)1-2-25-13(15)20/h1,6-8,13H,2-3,5H2,(H,18,24)(H,21,22)/t7-,8+,13+,15?/m1/s1. The van der Waals surface area contributed by atoms with Crippen LogP contribution >= 0.6 is 47.1 Å². The Labute approximate surface area is 172 Å². The lowest BCUT2D eigenvalue weighted by atomic mass is 9.88. The number of nitrogens with one attached hydrogen (secondary N) is 1. The number of amides is 1. The monoisotopic (exact) mass is 439 g/mol. The maximum absolute atomic E-state index is 13.1. The average molecular weight is 440 g/mol. The predicted octanol–water partition coefficient (Wildman–Crippen LogP) is 1.33. The number of β-lactam (4-membered cyclic amide) rings is 1. The normalized spacial score (nSPS) is 31.2. The van der Waals surface area contributed by atoms with Gasteiger partial charge < -0.3 is 10.4 Å². The summed E-state index contributed by atoms with van der Waals surface area (Å²) in [5.74, 6) is -0.738. The van der Waals surface area contributed by atoms with Gasteiger partial charge in [0.25, 0.3) is 5.91 Å². The third-order valence-electron chi connectivity index (χ3n) is 4.67. The topological polar surface area (TPSA) is 119 Å². The highest BCUT2D eigenvalue weighted by Crippen LogP contribution is 2.48. The summed E-state index contributed by atoms with van der Waals surface area (Å²) in [7, 11) is 0. The molecule has 4 rings (SSSR count). The number of aromatic nitrogens is 2. The highest BCUT2D eigenvalue weighted by Gasteiger charge is 2.65. The summed E-state index contributed by atoms with van der Waals surface area (Å²) in [6, 6.07) is 2.20. The number of carbonyl (C=O) groups is 2. The zero-order valence-corrected chi connectivity index (χ0v) is 17.0. The van der Waals surface area contributed by atoms with Crippen LogP contribution in [0.3, 0.4) is 0 Å². The highest BCUT2D eigenvalue weighted by molar-refractivity contribution is 8.01. The first-order chi connectivity index (χ1) is 13.0. The molecule has 4 atom stereocenters.